The maximum atomic E-state index is 10.9. The molecule has 6 nitrogen and oxygen atoms in total. The van der Waals surface area contributed by atoms with Crippen molar-refractivity contribution in [2.24, 2.45) is 5.73 Å². The van der Waals surface area contributed by atoms with Crippen LogP contribution in [-0.4, -0.2) is 9.91 Å². The first kappa shape index (κ1) is 14.7. The molecule has 0 fully saturated rings. The molecule has 0 aliphatic carbocycles. The zero-order chi connectivity index (χ0) is 15.4. The molecule has 21 heavy (non-hydrogen) atoms. The zero-order valence-electron chi connectivity index (χ0n) is 10.7. The van der Waals surface area contributed by atoms with Gasteiger partial charge in [-0.3, -0.25) is 15.1 Å². The van der Waals surface area contributed by atoms with Crippen LogP contribution in [0.15, 0.2) is 47.2 Å². The van der Waals surface area contributed by atoms with Gasteiger partial charge in [-0.25, -0.2) is 0 Å². The van der Waals surface area contributed by atoms with Gasteiger partial charge in [0.25, 0.3) is 5.69 Å². The fourth-order valence-electron chi connectivity index (χ4n) is 1.77. The number of halogens is 1. The van der Waals surface area contributed by atoms with Gasteiger partial charge in [0.05, 0.1) is 16.2 Å². The van der Waals surface area contributed by atoms with Gasteiger partial charge in [0.15, 0.2) is 0 Å². The minimum atomic E-state index is -0.516. The lowest BCUT2D eigenvalue weighted by molar-refractivity contribution is -0.384. The number of nitrogens with zero attached hydrogens (tertiary/aromatic N) is 3. The minimum Gasteiger partial charge on any atom is -0.397 e. The van der Waals surface area contributed by atoms with Gasteiger partial charge < -0.3 is 5.73 Å². The van der Waals surface area contributed by atoms with Crippen LogP contribution in [0.3, 0.4) is 0 Å². The molecule has 0 aliphatic rings. The van der Waals surface area contributed by atoms with E-state index in [1.807, 2.05) is 6.07 Å². The fourth-order valence-corrected chi connectivity index (χ4v) is 2.25. The van der Waals surface area contributed by atoms with E-state index >= 15 is 0 Å². The van der Waals surface area contributed by atoms with Gasteiger partial charge in [0.2, 0.25) is 0 Å². The summed E-state index contributed by atoms with van der Waals surface area (Å²) in [6.07, 6.45) is 3.09. The van der Waals surface area contributed by atoms with Crippen LogP contribution >= 0.6 is 15.9 Å². The SMILES string of the molecule is N#C/C(=C(/N)c1cc(Br)cc([N+](=O)[O-])c1)c1cccnc1. The Bertz CT molecular complexity index is 766. The predicted octanol–water partition coefficient (Wildman–Crippen LogP) is 3.10. The summed E-state index contributed by atoms with van der Waals surface area (Å²) in [7, 11) is 0. The van der Waals surface area contributed by atoms with E-state index in [4.69, 9.17) is 5.73 Å². The lowest BCUT2D eigenvalue weighted by atomic mass is 10.0. The summed E-state index contributed by atoms with van der Waals surface area (Å²) in [5.74, 6) is 0. The van der Waals surface area contributed by atoms with E-state index < -0.39 is 4.92 Å². The number of nitriles is 1. The molecule has 0 bridgehead atoms. The maximum Gasteiger partial charge on any atom is 0.271 e. The number of allylic oxidation sites excluding steroid dienone is 1. The third kappa shape index (κ3) is 3.24. The Labute approximate surface area is 128 Å². The number of nitrogens with two attached hydrogens (primary N) is 1. The highest BCUT2D eigenvalue weighted by atomic mass is 79.9. The molecule has 2 rings (SSSR count). The molecular formula is C14H9BrN4O2. The van der Waals surface area contributed by atoms with Crippen molar-refractivity contribution in [1.82, 2.24) is 4.98 Å². The number of hydrogen-bond acceptors (Lipinski definition) is 5. The van der Waals surface area contributed by atoms with Gasteiger partial charge in [-0.15, -0.1) is 0 Å². The molecule has 0 aliphatic heterocycles. The summed E-state index contributed by atoms with van der Waals surface area (Å²) in [6.45, 7) is 0. The molecule has 0 amide bonds. The van der Waals surface area contributed by atoms with Gasteiger partial charge in [0.1, 0.15) is 6.07 Å². The van der Waals surface area contributed by atoms with Gasteiger partial charge in [-0.05, 0) is 12.1 Å². The van der Waals surface area contributed by atoms with Crippen molar-refractivity contribution in [2.75, 3.05) is 0 Å². The lowest BCUT2D eigenvalue weighted by Gasteiger charge is -2.07. The Balaban J connectivity index is 2.61. The number of non-ortho nitro benzene ring substituents is 1. The summed E-state index contributed by atoms with van der Waals surface area (Å²) in [5.41, 5.74) is 7.24. The van der Waals surface area contributed by atoms with Crippen molar-refractivity contribution in [3.8, 4) is 6.07 Å². The Hall–Kier alpha value is -2.72. The molecule has 2 N–H and O–H groups in total. The van der Waals surface area contributed by atoms with Crippen LogP contribution in [0.2, 0.25) is 0 Å². The number of aromatic nitrogens is 1. The maximum absolute atomic E-state index is 10.9. The normalized spacial score (nSPS) is 11.4. The summed E-state index contributed by atoms with van der Waals surface area (Å²) < 4.78 is 0.512. The van der Waals surface area contributed by atoms with E-state index in [0.717, 1.165) is 0 Å². The lowest BCUT2D eigenvalue weighted by Crippen LogP contribution is -2.02. The number of rotatable bonds is 3. The molecule has 0 unspecified atom stereocenters. The van der Waals surface area contributed by atoms with Crippen molar-refractivity contribution in [3.05, 3.63) is 68.4 Å². The van der Waals surface area contributed by atoms with E-state index in [2.05, 4.69) is 20.9 Å². The highest BCUT2D eigenvalue weighted by Crippen LogP contribution is 2.27. The molecule has 0 saturated carbocycles. The molecule has 1 heterocycles. The molecule has 2 aromatic rings. The second-order valence-electron chi connectivity index (χ2n) is 4.10. The van der Waals surface area contributed by atoms with Gasteiger partial charge >= 0.3 is 0 Å². The number of benzene rings is 1. The Morgan fingerprint density at radius 2 is 2.14 bits per heavy atom. The molecule has 0 spiro atoms. The van der Waals surface area contributed by atoms with E-state index in [0.29, 0.717) is 15.6 Å². The van der Waals surface area contributed by atoms with E-state index in [-0.39, 0.29) is 17.0 Å². The van der Waals surface area contributed by atoms with Crippen LogP contribution < -0.4 is 5.73 Å². The number of hydrogen-bond donors (Lipinski definition) is 1. The first-order valence-electron chi connectivity index (χ1n) is 5.78. The molecule has 0 saturated heterocycles. The molecule has 104 valence electrons. The van der Waals surface area contributed by atoms with Crippen LogP contribution in [0.4, 0.5) is 5.69 Å². The first-order chi connectivity index (χ1) is 10.0. The first-order valence-corrected chi connectivity index (χ1v) is 6.58. The van der Waals surface area contributed by atoms with Crippen LogP contribution in [0.5, 0.6) is 0 Å². The smallest absolute Gasteiger partial charge is 0.271 e. The third-order valence-electron chi connectivity index (χ3n) is 2.74. The zero-order valence-corrected chi connectivity index (χ0v) is 12.2. The van der Waals surface area contributed by atoms with Gasteiger partial charge in [0, 0.05) is 40.1 Å². The molecular weight excluding hydrogens is 336 g/mol. The van der Waals surface area contributed by atoms with Crippen molar-refractivity contribution in [3.63, 3.8) is 0 Å². The van der Waals surface area contributed by atoms with E-state index in [1.165, 1.54) is 18.3 Å². The van der Waals surface area contributed by atoms with E-state index in [1.54, 1.807) is 24.4 Å². The topological polar surface area (TPSA) is 106 Å². The fraction of sp³-hybridized carbons (Fsp3) is 0. The number of nitro groups is 1. The molecule has 7 heteroatoms. The average molecular weight is 345 g/mol. The number of pyridine rings is 1. The highest BCUT2D eigenvalue weighted by Gasteiger charge is 2.14. The van der Waals surface area contributed by atoms with Crippen LogP contribution in [0, 0.1) is 21.4 Å². The van der Waals surface area contributed by atoms with Crippen molar-refractivity contribution in [1.29, 1.82) is 5.26 Å². The second kappa shape index (κ2) is 6.15. The van der Waals surface area contributed by atoms with Crippen LogP contribution in [0.1, 0.15) is 11.1 Å². The third-order valence-corrected chi connectivity index (χ3v) is 3.19. The van der Waals surface area contributed by atoms with Crippen molar-refractivity contribution < 1.29 is 4.92 Å². The predicted molar refractivity (Wildman–Crippen MR) is 81.6 cm³/mol. The van der Waals surface area contributed by atoms with Crippen LogP contribution in [0.25, 0.3) is 11.3 Å². The summed E-state index contributed by atoms with van der Waals surface area (Å²) in [5, 5.41) is 20.2. The van der Waals surface area contributed by atoms with Gasteiger partial charge in [-0.1, -0.05) is 22.0 Å². The molecule has 1 aromatic carbocycles. The second-order valence-corrected chi connectivity index (χ2v) is 5.01. The average Bonchev–Trinajstić information content (AvgIpc) is 2.48. The summed E-state index contributed by atoms with van der Waals surface area (Å²) in [6, 6.07) is 9.71. The van der Waals surface area contributed by atoms with Crippen molar-refractivity contribution in [2.45, 2.75) is 0 Å². The summed E-state index contributed by atoms with van der Waals surface area (Å²) in [4.78, 5) is 14.3. The highest BCUT2D eigenvalue weighted by molar-refractivity contribution is 9.10. The summed E-state index contributed by atoms with van der Waals surface area (Å²) >= 11 is 3.20. The monoisotopic (exact) mass is 344 g/mol. The van der Waals surface area contributed by atoms with E-state index in [9.17, 15) is 15.4 Å². The largest absolute Gasteiger partial charge is 0.397 e. The van der Waals surface area contributed by atoms with Gasteiger partial charge in [-0.2, -0.15) is 5.26 Å². The molecule has 0 radical (unpaired) electrons. The Morgan fingerprint density at radius 1 is 1.38 bits per heavy atom. The standard InChI is InChI=1S/C14H9BrN4O2/c15-11-4-10(5-12(6-11)19(20)21)14(17)13(7-16)9-2-1-3-18-8-9/h1-6,8H,17H2/b14-13-. The van der Waals surface area contributed by atoms with Crippen LogP contribution in [-0.2, 0) is 0 Å². The number of nitro benzene ring substituents is 1. The Kier molecular flexibility index (Phi) is 4.30. The molecule has 0 atom stereocenters. The minimum absolute atomic E-state index is 0.106. The Morgan fingerprint density at radius 3 is 2.71 bits per heavy atom. The van der Waals surface area contributed by atoms with Crippen molar-refractivity contribution >= 4 is 32.9 Å². The quantitative estimate of drug-likeness (QED) is 0.523. The molecule has 1 aromatic heterocycles.